The molecular formula is C19H23ClN2O3. The second-order valence-electron chi connectivity index (χ2n) is 5.60. The number of amides is 1. The highest BCUT2D eigenvalue weighted by Crippen LogP contribution is 2.30. The molecule has 1 amide bonds. The molecule has 2 aromatic rings. The first kappa shape index (κ1) is 19.1. The number of nitrogens with one attached hydrogen (secondary N) is 2. The summed E-state index contributed by atoms with van der Waals surface area (Å²) < 4.78 is 11.3. The Bertz CT molecular complexity index is 722. The SMILES string of the molecule is CCNCc1ccccc1NC(=O)c1ccc2c(c1)OCCCO2.Cl. The number of fused-ring (bicyclic) bond motifs is 1. The van der Waals surface area contributed by atoms with Crippen molar-refractivity contribution < 1.29 is 14.3 Å². The van der Waals surface area contributed by atoms with Crippen LogP contribution >= 0.6 is 12.4 Å². The predicted molar refractivity (Wildman–Crippen MR) is 101 cm³/mol. The fraction of sp³-hybridized carbons (Fsp3) is 0.316. The summed E-state index contributed by atoms with van der Waals surface area (Å²) in [6, 6.07) is 13.1. The quantitative estimate of drug-likeness (QED) is 0.852. The van der Waals surface area contributed by atoms with Crippen molar-refractivity contribution in [1.82, 2.24) is 5.32 Å². The van der Waals surface area contributed by atoms with Gasteiger partial charge in [0.2, 0.25) is 0 Å². The molecule has 0 saturated heterocycles. The van der Waals surface area contributed by atoms with E-state index in [2.05, 4.69) is 17.6 Å². The van der Waals surface area contributed by atoms with E-state index in [1.807, 2.05) is 24.3 Å². The smallest absolute Gasteiger partial charge is 0.255 e. The Balaban J connectivity index is 0.00000225. The molecule has 0 bridgehead atoms. The van der Waals surface area contributed by atoms with Gasteiger partial charge in [-0.05, 0) is 36.4 Å². The van der Waals surface area contributed by atoms with Gasteiger partial charge in [-0.15, -0.1) is 12.4 Å². The van der Waals surface area contributed by atoms with E-state index in [-0.39, 0.29) is 18.3 Å². The number of anilines is 1. The Morgan fingerprint density at radius 3 is 2.64 bits per heavy atom. The summed E-state index contributed by atoms with van der Waals surface area (Å²) in [5, 5.41) is 6.26. The van der Waals surface area contributed by atoms with Crippen LogP contribution in [0.4, 0.5) is 5.69 Å². The Morgan fingerprint density at radius 1 is 1.08 bits per heavy atom. The molecule has 0 fully saturated rings. The van der Waals surface area contributed by atoms with Gasteiger partial charge in [-0.2, -0.15) is 0 Å². The van der Waals surface area contributed by atoms with Gasteiger partial charge in [0, 0.05) is 24.2 Å². The van der Waals surface area contributed by atoms with Crippen LogP contribution < -0.4 is 20.1 Å². The zero-order chi connectivity index (χ0) is 16.8. The van der Waals surface area contributed by atoms with Crippen LogP contribution in [-0.4, -0.2) is 25.7 Å². The van der Waals surface area contributed by atoms with Gasteiger partial charge < -0.3 is 20.1 Å². The first-order valence-corrected chi connectivity index (χ1v) is 8.27. The lowest BCUT2D eigenvalue weighted by molar-refractivity contribution is 0.102. The fourth-order valence-corrected chi connectivity index (χ4v) is 2.56. The number of carbonyl (C=O) groups excluding carboxylic acids is 1. The van der Waals surface area contributed by atoms with Crippen LogP contribution in [0.5, 0.6) is 11.5 Å². The van der Waals surface area contributed by atoms with E-state index >= 15 is 0 Å². The number of benzene rings is 2. The summed E-state index contributed by atoms with van der Waals surface area (Å²) in [6.45, 7) is 4.89. The second-order valence-corrected chi connectivity index (χ2v) is 5.60. The van der Waals surface area contributed by atoms with Gasteiger partial charge in [-0.3, -0.25) is 4.79 Å². The maximum Gasteiger partial charge on any atom is 0.255 e. The number of halogens is 1. The summed E-state index contributed by atoms with van der Waals surface area (Å²) in [5.41, 5.74) is 2.43. The van der Waals surface area contributed by atoms with E-state index in [0.717, 1.165) is 24.2 Å². The van der Waals surface area contributed by atoms with E-state index in [9.17, 15) is 4.79 Å². The molecule has 2 aromatic carbocycles. The molecule has 2 N–H and O–H groups in total. The first-order valence-electron chi connectivity index (χ1n) is 8.27. The van der Waals surface area contributed by atoms with Crippen LogP contribution in [-0.2, 0) is 6.54 Å². The Morgan fingerprint density at radius 2 is 1.84 bits per heavy atom. The van der Waals surface area contributed by atoms with Gasteiger partial charge >= 0.3 is 0 Å². The van der Waals surface area contributed by atoms with Crippen molar-refractivity contribution in [3.63, 3.8) is 0 Å². The minimum atomic E-state index is -0.158. The normalized spacial score (nSPS) is 12.7. The van der Waals surface area contributed by atoms with Crippen molar-refractivity contribution in [2.75, 3.05) is 25.1 Å². The zero-order valence-electron chi connectivity index (χ0n) is 14.2. The van der Waals surface area contributed by atoms with Gasteiger partial charge in [0.1, 0.15) is 0 Å². The molecule has 0 radical (unpaired) electrons. The molecule has 134 valence electrons. The molecule has 1 aliphatic heterocycles. The zero-order valence-corrected chi connectivity index (χ0v) is 15.0. The number of ether oxygens (including phenoxy) is 2. The van der Waals surface area contributed by atoms with E-state index < -0.39 is 0 Å². The molecule has 0 saturated carbocycles. The highest BCUT2D eigenvalue weighted by atomic mass is 35.5. The van der Waals surface area contributed by atoms with E-state index in [0.29, 0.717) is 36.8 Å². The summed E-state index contributed by atoms with van der Waals surface area (Å²) >= 11 is 0. The van der Waals surface area contributed by atoms with Crippen molar-refractivity contribution in [3.05, 3.63) is 53.6 Å². The van der Waals surface area contributed by atoms with Crippen molar-refractivity contribution >= 4 is 24.0 Å². The average Bonchev–Trinajstić information content (AvgIpc) is 2.85. The third kappa shape index (κ3) is 4.87. The highest BCUT2D eigenvalue weighted by Gasteiger charge is 2.15. The second kappa shape index (κ2) is 9.30. The largest absolute Gasteiger partial charge is 0.490 e. The minimum absolute atomic E-state index is 0. The number of carbonyl (C=O) groups is 1. The monoisotopic (exact) mass is 362 g/mol. The lowest BCUT2D eigenvalue weighted by Crippen LogP contribution is -2.17. The molecule has 0 aliphatic carbocycles. The molecule has 0 atom stereocenters. The molecule has 5 nitrogen and oxygen atoms in total. The van der Waals surface area contributed by atoms with Crippen LogP contribution in [0.15, 0.2) is 42.5 Å². The van der Waals surface area contributed by atoms with Crippen molar-refractivity contribution in [3.8, 4) is 11.5 Å². The molecular weight excluding hydrogens is 340 g/mol. The molecule has 6 heteroatoms. The maximum atomic E-state index is 12.6. The van der Waals surface area contributed by atoms with Gasteiger partial charge in [0.05, 0.1) is 13.2 Å². The third-order valence-electron chi connectivity index (χ3n) is 3.84. The van der Waals surface area contributed by atoms with Crippen LogP contribution in [0, 0.1) is 0 Å². The highest BCUT2D eigenvalue weighted by molar-refractivity contribution is 6.05. The summed E-state index contributed by atoms with van der Waals surface area (Å²) in [5.74, 6) is 1.16. The first-order chi connectivity index (χ1) is 11.8. The van der Waals surface area contributed by atoms with Crippen molar-refractivity contribution in [1.29, 1.82) is 0 Å². The number of hydrogen-bond donors (Lipinski definition) is 2. The summed E-state index contributed by atoms with van der Waals surface area (Å²) in [6.07, 6.45) is 0.841. The van der Waals surface area contributed by atoms with Gasteiger partial charge in [-0.1, -0.05) is 25.1 Å². The standard InChI is InChI=1S/C19H22N2O3.ClH/c1-2-20-13-15-6-3-4-7-16(15)21-19(22)14-8-9-17-18(12-14)24-11-5-10-23-17;/h3-4,6-9,12,20H,2,5,10-11,13H2,1H3,(H,21,22);1H. The van der Waals surface area contributed by atoms with Gasteiger partial charge in [0.15, 0.2) is 11.5 Å². The molecule has 25 heavy (non-hydrogen) atoms. The van der Waals surface area contributed by atoms with Gasteiger partial charge in [-0.25, -0.2) is 0 Å². The van der Waals surface area contributed by atoms with E-state index in [4.69, 9.17) is 9.47 Å². The van der Waals surface area contributed by atoms with Crippen LogP contribution in [0.25, 0.3) is 0 Å². The molecule has 0 spiro atoms. The number of hydrogen-bond acceptors (Lipinski definition) is 4. The lowest BCUT2D eigenvalue weighted by Gasteiger charge is -2.13. The lowest BCUT2D eigenvalue weighted by atomic mass is 10.1. The topological polar surface area (TPSA) is 59.6 Å². The molecule has 0 aromatic heterocycles. The van der Waals surface area contributed by atoms with E-state index in [1.165, 1.54) is 0 Å². The average molecular weight is 363 g/mol. The number of para-hydroxylation sites is 1. The fourth-order valence-electron chi connectivity index (χ4n) is 2.56. The molecule has 1 heterocycles. The van der Waals surface area contributed by atoms with Crippen LogP contribution in [0.1, 0.15) is 29.3 Å². The maximum absolute atomic E-state index is 12.6. The van der Waals surface area contributed by atoms with Crippen molar-refractivity contribution in [2.45, 2.75) is 19.9 Å². The molecule has 3 rings (SSSR count). The van der Waals surface area contributed by atoms with Gasteiger partial charge in [0.25, 0.3) is 5.91 Å². The van der Waals surface area contributed by atoms with Crippen LogP contribution in [0.3, 0.4) is 0 Å². The Labute approximate surface area is 154 Å². The van der Waals surface area contributed by atoms with Crippen molar-refractivity contribution in [2.24, 2.45) is 0 Å². The van der Waals surface area contributed by atoms with E-state index in [1.54, 1.807) is 18.2 Å². The van der Waals surface area contributed by atoms with Crippen LogP contribution in [0.2, 0.25) is 0 Å². The molecule has 1 aliphatic rings. The predicted octanol–water partition coefficient (Wildman–Crippen LogP) is 3.63. The number of rotatable bonds is 5. The minimum Gasteiger partial charge on any atom is -0.490 e. The molecule has 0 unspecified atom stereocenters. The summed E-state index contributed by atoms with van der Waals surface area (Å²) in [7, 11) is 0. The summed E-state index contributed by atoms with van der Waals surface area (Å²) in [4.78, 5) is 12.6. The third-order valence-corrected chi connectivity index (χ3v) is 3.84. The Hall–Kier alpha value is -2.24. The Kier molecular flexibility index (Phi) is 7.10.